The molecule has 1 fully saturated rings. The van der Waals surface area contributed by atoms with E-state index in [1.54, 1.807) is 11.3 Å². The first kappa shape index (κ1) is 17.0. The highest BCUT2D eigenvalue weighted by atomic mass is 32.1. The number of hydrogen-bond donors (Lipinski definition) is 1. The lowest BCUT2D eigenvalue weighted by Crippen LogP contribution is -2.54. The van der Waals surface area contributed by atoms with E-state index < -0.39 is 0 Å². The van der Waals surface area contributed by atoms with Gasteiger partial charge in [-0.3, -0.25) is 9.69 Å². The van der Waals surface area contributed by atoms with E-state index in [1.165, 1.54) is 10.6 Å². The van der Waals surface area contributed by atoms with E-state index in [2.05, 4.69) is 56.9 Å². The van der Waals surface area contributed by atoms with Gasteiger partial charge in [-0.2, -0.15) is 0 Å². The highest BCUT2D eigenvalue weighted by Gasteiger charge is 2.25. The molecule has 0 bridgehead atoms. The molecular formula is C19H25N3OS. The first-order chi connectivity index (χ1) is 11.7. The van der Waals surface area contributed by atoms with Crippen LogP contribution in [-0.2, 0) is 11.2 Å². The first-order valence-corrected chi connectivity index (χ1v) is 9.46. The van der Waals surface area contributed by atoms with Gasteiger partial charge in [0.1, 0.15) is 0 Å². The summed E-state index contributed by atoms with van der Waals surface area (Å²) in [5, 5.41) is 5.15. The van der Waals surface area contributed by atoms with E-state index in [-0.39, 0.29) is 11.9 Å². The number of piperazine rings is 1. The summed E-state index contributed by atoms with van der Waals surface area (Å²) in [6, 6.07) is 14.6. The van der Waals surface area contributed by atoms with Crippen LogP contribution in [0, 0.1) is 0 Å². The molecule has 24 heavy (non-hydrogen) atoms. The third-order valence-electron chi connectivity index (χ3n) is 4.61. The van der Waals surface area contributed by atoms with Gasteiger partial charge < -0.3 is 10.2 Å². The normalized spacial score (nSPS) is 16.8. The van der Waals surface area contributed by atoms with E-state index >= 15 is 0 Å². The zero-order valence-corrected chi connectivity index (χ0v) is 15.0. The van der Waals surface area contributed by atoms with Crippen molar-refractivity contribution in [2.24, 2.45) is 0 Å². The average molecular weight is 343 g/mol. The average Bonchev–Trinajstić information content (AvgIpc) is 3.15. The second-order valence-corrected chi connectivity index (χ2v) is 7.19. The molecule has 0 spiro atoms. The van der Waals surface area contributed by atoms with Crippen molar-refractivity contribution in [2.75, 3.05) is 37.6 Å². The predicted octanol–water partition coefficient (Wildman–Crippen LogP) is 2.62. The fraction of sp³-hybridized carbons (Fsp3) is 0.421. The molecule has 1 amide bonds. The lowest BCUT2D eigenvalue weighted by molar-refractivity contribution is -0.125. The molecule has 3 rings (SSSR count). The third-order valence-corrected chi connectivity index (χ3v) is 5.55. The molecular weight excluding hydrogens is 318 g/mol. The van der Waals surface area contributed by atoms with Crippen LogP contribution in [0.25, 0.3) is 0 Å². The van der Waals surface area contributed by atoms with Gasteiger partial charge in [0, 0.05) is 43.3 Å². The van der Waals surface area contributed by atoms with Crippen LogP contribution in [0.5, 0.6) is 0 Å². The summed E-state index contributed by atoms with van der Waals surface area (Å²) in [6.07, 6.45) is 0.915. The van der Waals surface area contributed by atoms with E-state index in [4.69, 9.17) is 0 Å². The Balaban J connectivity index is 1.42. The van der Waals surface area contributed by atoms with Gasteiger partial charge in [0.25, 0.3) is 0 Å². The molecule has 0 aliphatic carbocycles. The van der Waals surface area contributed by atoms with Gasteiger partial charge in [0.2, 0.25) is 5.91 Å². The molecule has 2 aromatic rings. The van der Waals surface area contributed by atoms with Crippen LogP contribution in [0.15, 0.2) is 47.8 Å². The summed E-state index contributed by atoms with van der Waals surface area (Å²) in [4.78, 5) is 18.3. The van der Waals surface area contributed by atoms with Crippen LogP contribution in [0.2, 0.25) is 0 Å². The highest BCUT2D eigenvalue weighted by molar-refractivity contribution is 7.09. The van der Waals surface area contributed by atoms with Gasteiger partial charge >= 0.3 is 0 Å². The van der Waals surface area contributed by atoms with Crippen molar-refractivity contribution in [3.8, 4) is 0 Å². The molecule has 1 aliphatic rings. The Morgan fingerprint density at radius 1 is 1.12 bits per heavy atom. The molecule has 0 radical (unpaired) electrons. The zero-order chi connectivity index (χ0) is 16.8. The molecule has 1 N–H and O–H groups in total. The number of anilines is 1. The molecule has 0 unspecified atom stereocenters. The fourth-order valence-corrected chi connectivity index (χ4v) is 3.79. The first-order valence-electron chi connectivity index (χ1n) is 8.58. The number of hydrogen-bond acceptors (Lipinski definition) is 4. The maximum atomic E-state index is 12.4. The van der Waals surface area contributed by atoms with Crippen LogP contribution >= 0.6 is 11.3 Å². The van der Waals surface area contributed by atoms with Crippen molar-refractivity contribution in [1.29, 1.82) is 0 Å². The minimum atomic E-state index is -0.0636. The molecule has 1 atom stereocenters. The van der Waals surface area contributed by atoms with Crippen molar-refractivity contribution in [3.63, 3.8) is 0 Å². The fourth-order valence-electron chi connectivity index (χ4n) is 3.08. The van der Waals surface area contributed by atoms with Crippen molar-refractivity contribution >= 4 is 22.9 Å². The maximum Gasteiger partial charge on any atom is 0.237 e. The zero-order valence-electron chi connectivity index (χ0n) is 14.1. The van der Waals surface area contributed by atoms with E-state index in [9.17, 15) is 4.79 Å². The Kier molecular flexibility index (Phi) is 5.88. The number of rotatable bonds is 6. The summed E-state index contributed by atoms with van der Waals surface area (Å²) in [5.41, 5.74) is 1.27. The number of para-hydroxylation sites is 1. The number of nitrogens with zero attached hydrogens (tertiary/aromatic N) is 2. The molecule has 128 valence electrons. The smallest absolute Gasteiger partial charge is 0.237 e. The molecule has 1 aliphatic heterocycles. The van der Waals surface area contributed by atoms with Crippen LogP contribution in [-0.4, -0.2) is 49.6 Å². The Morgan fingerprint density at radius 2 is 1.88 bits per heavy atom. The summed E-state index contributed by atoms with van der Waals surface area (Å²) >= 11 is 1.74. The predicted molar refractivity (Wildman–Crippen MR) is 101 cm³/mol. The topological polar surface area (TPSA) is 35.6 Å². The Hall–Kier alpha value is -1.85. The van der Waals surface area contributed by atoms with Crippen molar-refractivity contribution in [3.05, 3.63) is 52.7 Å². The largest absolute Gasteiger partial charge is 0.369 e. The number of amides is 1. The van der Waals surface area contributed by atoms with Crippen molar-refractivity contribution in [2.45, 2.75) is 19.4 Å². The molecule has 4 nitrogen and oxygen atoms in total. The summed E-state index contributed by atoms with van der Waals surface area (Å²) in [5.74, 6) is 0.139. The Labute approximate surface area is 148 Å². The summed E-state index contributed by atoms with van der Waals surface area (Å²) in [7, 11) is 0. The van der Waals surface area contributed by atoms with Gasteiger partial charge in [-0.05, 0) is 36.9 Å². The van der Waals surface area contributed by atoms with Crippen LogP contribution in [0.1, 0.15) is 11.8 Å². The van der Waals surface area contributed by atoms with Crippen LogP contribution in [0.4, 0.5) is 5.69 Å². The van der Waals surface area contributed by atoms with Crippen molar-refractivity contribution in [1.82, 2.24) is 10.2 Å². The quantitative estimate of drug-likeness (QED) is 0.876. The molecule has 5 heteroatoms. The third kappa shape index (κ3) is 4.36. The van der Waals surface area contributed by atoms with Crippen molar-refractivity contribution < 1.29 is 4.79 Å². The second kappa shape index (κ2) is 8.31. The van der Waals surface area contributed by atoms with Crippen LogP contribution < -0.4 is 10.2 Å². The number of thiophene rings is 1. The number of carbonyl (C=O) groups is 1. The number of nitrogens with one attached hydrogen (secondary N) is 1. The minimum Gasteiger partial charge on any atom is -0.369 e. The highest BCUT2D eigenvalue weighted by Crippen LogP contribution is 2.16. The monoisotopic (exact) mass is 343 g/mol. The van der Waals surface area contributed by atoms with Gasteiger partial charge in [-0.25, -0.2) is 0 Å². The number of carbonyl (C=O) groups excluding carboxylic acids is 1. The van der Waals surface area contributed by atoms with E-state index in [0.717, 1.165) is 32.6 Å². The summed E-state index contributed by atoms with van der Waals surface area (Å²) in [6.45, 7) is 6.52. The minimum absolute atomic E-state index is 0.0636. The number of benzene rings is 1. The SMILES string of the molecule is C[C@@H](C(=O)NCCc1cccs1)N1CCN(c2ccccc2)CC1. The molecule has 1 aromatic heterocycles. The Morgan fingerprint density at radius 3 is 2.54 bits per heavy atom. The van der Waals surface area contributed by atoms with E-state index in [0.29, 0.717) is 6.54 Å². The summed E-state index contributed by atoms with van der Waals surface area (Å²) < 4.78 is 0. The standard InChI is InChI=1S/C19H25N3OS/c1-16(19(23)20-10-9-18-8-5-15-24-18)21-11-13-22(14-12-21)17-6-3-2-4-7-17/h2-8,15-16H,9-14H2,1H3,(H,20,23)/t16-/m0/s1. The molecule has 0 saturated carbocycles. The lowest BCUT2D eigenvalue weighted by atomic mass is 10.2. The van der Waals surface area contributed by atoms with E-state index in [1.807, 2.05) is 13.0 Å². The molecule has 2 heterocycles. The van der Waals surface area contributed by atoms with Gasteiger partial charge in [0.05, 0.1) is 6.04 Å². The van der Waals surface area contributed by atoms with Gasteiger partial charge in [-0.15, -0.1) is 11.3 Å². The maximum absolute atomic E-state index is 12.4. The van der Waals surface area contributed by atoms with Crippen LogP contribution in [0.3, 0.4) is 0 Å². The Bertz CT molecular complexity index is 621. The lowest BCUT2D eigenvalue weighted by Gasteiger charge is -2.38. The molecule has 1 saturated heterocycles. The second-order valence-electron chi connectivity index (χ2n) is 6.15. The molecule has 1 aromatic carbocycles. The van der Waals surface area contributed by atoms with Gasteiger partial charge in [0.15, 0.2) is 0 Å². The van der Waals surface area contributed by atoms with Gasteiger partial charge in [-0.1, -0.05) is 24.3 Å².